The van der Waals surface area contributed by atoms with E-state index in [9.17, 15) is 13.2 Å². The number of amides is 1. The number of nitrogens with one attached hydrogen (secondary N) is 1. The minimum atomic E-state index is -3.47. The molecule has 154 valence electrons. The highest BCUT2D eigenvalue weighted by atomic mass is 32.2. The molecule has 3 atom stereocenters. The van der Waals surface area contributed by atoms with Crippen molar-refractivity contribution in [2.75, 3.05) is 38.0 Å². The smallest absolute Gasteiger partial charge is 0.243 e. The van der Waals surface area contributed by atoms with Crippen LogP contribution in [0.15, 0.2) is 29.2 Å². The number of sulfonamides is 1. The van der Waals surface area contributed by atoms with E-state index in [-0.39, 0.29) is 5.91 Å². The minimum absolute atomic E-state index is 0.0452. The predicted molar refractivity (Wildman–Crippen MR) is 109 cm³/mol. The zero-order valence-electron chi connectivity index (χ0n) is 16.6. The van der Waals surface area contributed by atoms with E-state index < -0.39 is 10.0 Å². The van der Waals surface area contributed by atoms with Crippen molar-refractivity contribution in [3.05, 3.63) is 24.3 Å². The highest BCUT2D eigenvalue weighted by molar-refractivity contribution is 7.89. The number of fused-ring (bicyclic) bond motifs is 2. The Morgan fingerprint density at radius 1 is 1.07 bits per heavy atom. The third-order valence-corrected chi connectivity index (χ3v) is 8.80. The summed E-state index contributed by atoms with van der Waals surface area (Å²) >= 11 is 0. The van der Waals surface area contributed by atoms with Crippen LogP contribution in [0, 0.1) is 17.8 Å². The van der Waals surface area contributed by atoms with Crippen molar-refractivity contribution >= 4 is 21.6 Å². The molecule has 2 aliphatic carbocycles. The summed E-state index contributed by atoms with van der Waals surface area (Å²) in [5.41, 5.74) is 0.669. The van der Waals surface area contributed by atoms with Crippen LogP contribution in [0.4, 0.5) is 5.69 Å². The number of anilines is 1. The van der Waals surface area contributed by atoms with Crippen LogP contribution in [0.2, 0.25) is 0 Å². The number of likely N-dealkylation sites (N-methyl/N-ethyl adjacent to an activating group) is 1. The van der Waals surface area contributed by atoms with Crippen molar-refractivity contribution in [2.45, 2.75) is 43.9 Å². The molecule has 0 aromatic heterocycles. The number of carbonyl (C=O) groups is 1. The first-order valence-corrected chi connectivity index (χ1v) is 12.0. The highest BCUT2D eigenvalue weighted by Gasteiger charge is 2.40. The van der Waals surface area contributed by atoms with Crippen LogP contribution in [0.3, 0.4) is 0 Å². The standard InChI is InChI=1S/C21H31N3O3S/c1-2-23-9-11-24(12-10-23)28(26,27)20-7-5-19(6-8-20)22-21(25)15-18-14-16-3-4-17(18)13-16/h5-8,16-18H,2-4,9-15H2,1H3,(H,22,25)/t16-,17+,18-/m0/s1. The summed E-state index contributed by atoms with van der Waals surface area (Å²) < 4.78 is 27.2. The Balaban J connectivity index is 1.33. The van der Waals surface area contributed by atoms with Crippen LogP contribution in [0.25, 0.3) is 0 Å². The molecular formula is C21H31N3O3S. The molecule has 3 fully saturated rings. The molecule has 1 amide bonds. The lowest BCUT2D eigenvalue weighted by molar-refractivity contribution is -0.117. The Bertz CT molecular complexity index is 801. The molecule has 6 nitrogen and oxygen atoms in total. The van der Waals surface area contributed by atoms with Crippen LogP contribution in [-0.4, -0.2) is 56.3 Å². The summed E-state index contributed by atoms with van der Waals surface area (Å²) in [5, 5.41) is 2.95. The zero-order chi connectivity index (χ0) is 19.7. The quantitative estimate of drug-likeness (QED) is 0.790. The number of benzene rings is 1. The number of piperazine rings is 1. The van der Waals surface area contributed by atoms with E-state index in [2.05, 4.69) is 17.1 Å². The first-order valence-electron chi connectivity index (χ1n) is 10.6. The van der Waals surface area contributed by atoms with Crippen LogP contribution in [0.5, 0.6) is 0 Å². The monoisotopic (exact) mass is 405 g/mol. The first kappa shape index (κ1) is 19.9. The van der Waals surface area contributed by atoms with Gasteiger partial charge in [0.1, 0.15) is 0 Å². The minimum Gasteiger partial charge on any atom is -0.326 e. The molecule has 7 heteroatoms. The molecule has 0 spiro atoms. The maximum Gasteiger partial charge on any atom is 0.243 e. The van der Waals surface area contributed by atoms with E-state index in [1.54, 1.807) is 28.6 Å². The maximum atomic E-state index is 12.8. The molecule has 0 radical (unpaired) electrons. The highest BCUT2D eigenvalue weighted by Crippen LogP contribution is 2.49. The molecule has 1 aliphatic heterocycles. The van der Waals surface area contributed by atoms with Crippen molar-refractivity contribution in [1.29, 1.82) is 0 Å². The Hall–Kier alpha value is -1.44. The number of hydrogen-bond donors (Lipinski definition) is 1. The fourth-order valence-corrected chi connectivity index (χ4v) is 6.64. The molecule has 1 N–H and O–H groups in total. The third-order valence-electron chi connectivity index (χ3n) is 6.89. The van der Waals surface area contributed by atoms with Gasteiger partial charge in [-0.05, 0) is 67.8 Å². The third kappa shape index (κ3) is 4.11. The fraction of sp³-hybridized carbons (Fsp3) is 0.667. The summed E-state index contributed by atoms with van der Waals surface area (Å²) in [7, 11) is -3.47. The predicted octanol–water partition coefficient (Wildman–Crippen LogP) is 2.78. The molecule has 3 aliphatic rings. The van der Waals surface area contributed by atoms with E-state index in [0.717, 1.165) is 31.5 Å². The van der Waals surface area contributed by atoms with Crippen LogP contribution in [-0.2, 0) is 14.8 Å². The van der Waals surface area contributed by atoms with Crippen molar-refractivity contribution in [2.24, 2.45) is 17.8 Å². The Labute approximate surface area is 168 Å². The van der Waals surface area contributed by atoms with Crippen LogP contribution in [0.1, 0.15) is 39.0 Å². The second kappa shape index (κ2) is 8.13. The van der Waals surface area contributed by atoms with Gasteiger partial charge in [0, 0.05) is 38.3 Å². The zero-order valence-corrected chi connectivity index (χ0v) is 17.5. The molecule has 1 heterocycles. The molecule has 1 aromatic rings. The number of rotatable bonds is 6. The topological polar surface area (TPSA) is 69.7 Å². The van der Waals surface area contributed by atoms with Gasteiger partial charge >= 0.3 is 0 Å². The van der Waals surface area contributed by atoms with Gasteiger partial charge in [0.05, 0.1) is 4.90 Å². The molecule has 2 saturated carbocycles. The van der Waals surface area contributed by atoms with Crippen LogP contribution >= 0.6 is 0 Å². The summed E-state index contributed by atoms with van der Waals surface area (Å²) in [5.74, 6) is 2.15. The summed E-state index contributed by atoms with van der Waals surface area (Å²) in [4.78, 5) is 14.9. The van der Waals surface area contributed by atoms with Gasteiger partial charge in [0.2, 0.25) is 15.9 Å². The summed E-state index contributed by atoms with van der Waals surface area (Å²) in [6, 6.07) is 6.62. The summed E-state index contributed by atoms with van der Waals surface area (Å²) in [6.07, 6.45) is 5.70. The largest absolute Gasteiger partial charge is 0.326 e. The molecule has 4 rings (SSSR count). The lowest BCUT2D eigenvalue weighted by Gasteiger charge is -2.33. The van der Waals surface area contributed by atoms with Gasteiger partial charge in [-0.25, -0.2) is 8.42 Å². The van der Waals surface area contributed by atoms with Gasteiger partial charge in [-0.3, -0.25) is 4.79 Å². The molecule has 0 unspecified atom stereocenters. The van der Waals surface area contributed by atoms with E-state index >= 15 is 0 Å². The first-order chi connectivity index (χ1) is 13.5. The van der Waals surface area contributed by atoms with Gasteiger partial charge < -0.3 is 10.2 Å². The van der Waals surface area contributed by atoms with Gasteiger partial charge in [-0.1, -0.05) is 13.3 Å². The molecule has 2 bridgehead atoms. The fourth-order valence-electron chi connectivity index (χ4n) is 5.22. The normalized spacial score (nSPS) is 28.5. The van der Waals surface area contributed by atoms with E-state index in [4.69, 9.17) is 0 Å². The second-order valence-electron chi connectivity index (χ2n) is 8.55. The van der Waals surface area contributed by atoms with Gasteiger partial charge in [0.25, 0.3) is 0 Å². The van der Waals surface area contributed by atoms with Crippen LogP contribution < -0.4 is 5.32 Å². The number of nitrogens with zero attached hydrogens (tertiary/aromatic N) is 2. The second-order valence-corrected chi connectivity index (χ2v) is 10.5. The van der Waals surface area contributed by atoms with Gasteiger partial charge in [-0.2, -0.15) is 4.31 Å². The van der Waals surface area contributed by atoms with Crippen molar-refractivity contribution in [3.8, 4) is 0 Å². The van der Waals surface area contributed by atoms with E-state index in [1.807, 2.05) is 0 Å². The van der Waals surface area contributed by atoms with Gasteiger partial charge in [0.15, 0.2) is 0 Å². The molecule has 1 aromatic carbocycles. The summed E-state index contributed by atoms with van der Waals surface area (Å²) in [6.45, 7) is 5.63. The lowest BCUT2D eigenvalue weighted by Crippen LogP contribution is -2.48. The number of hydrogen-bond acceptors (Lipinski definition) is 4. The maximum absolute atomic E-state index is 12.8. The molecular weight excluding hydrogens is 374 g/mol. The Morgan fingerprint density at radius 2 is 1.79 bits per heavy atom. The lowest BCUT2D eigenvalue weighted by atomic mass is 9.86. The average Bonchev–Trinajstić information content (AvgIpc) is 3.31. The molecule has 1 saturated heterocycles. The SMILES string of the molecule is CCN1CCN(S(=O)(=O)c2ccc(NC(=O)C[C@@H]3C[C@H]4CC[C@@H]3C4)cc2)CC1. The Kier molecular flexibility index (Phi) is 5.76. The van der Waals surface area contributed by atoms with Crippen molar-refractivity contribution in [3.63, 3.8) is 0 Å². The van der Waals surface area contributed by atoms with Crippen molar-refractivity contribution in [1.82, 2.24) is 9.21 Å². The van der Waals surface area contributed by atoms with E-state index in [1.165, 1.54) is 25.7 Å². The Morgan fingerprint density at radius 3 is 2.36 bits per heavy atom. The number of carbonyl (C=O) groups excluding carboxylic acids is 1. The van der Waals surface area contributed by atoms with Gasteiger partial charge in [-0.15, -0.1) is 0 Å². The van der Waals surface area contributed by atoms with E-state index in [0.29, 0.717) is 36.0 Å². The average molecular weight is 406 g/mol. The molecule has 28 heavy (non-hydrogen) atoms. The van der Waals surface area contributed by atoms with Crippen molar-refractivity contribution < 1.29 is 13.2 Å².